The smallest absolute Gasteiger partial charge is 0.267 e. The summed E-state index contributed by atoms with van der Waals surface area (Å²) in [5, 5.41) is 5.01. The average Bonchev–Trinajstić information content (AvgIpc) is 3.12. The van der Waals surface area contributed by atoms with Gasteiger partial charge in [0.25, 0.3) is 5.91 Å². The summed E-state index contributed by atoms with van der Waals surface area (Å²) in [5.74, 6) is 0.560. The summed E-state index contributed by atoms with van der Waals surface area (Å²) in [6.45, 7) is 8.13. The summed E-state index contributed by atoms with van der Waals surface area (Å²) in [7, 11) is 0. The quantitative estimate of drug-likeness (QED) is 0.592. The SMILES string of the molecule is CC(C)N1CCC(CNC(=O)c2cc3ccccc3n2Cc2ccc(Cl)cc2)CC1. The topological polar surface area (TPSA) is 37.3 Å². The molecule has 0 atom stereocenters. The molecule has 1 saturated heterocycles. The van der Waals surface area contributed by atoms with Crippen LogP contribution < -0.4 is 5.32 Å². The average molecular weight is 424 g/mol. The van der Waals surface area contributed by atoms with Gasteiger partial charge < -0.3 is 14.8 Å². The van der Waals surface area contributed by atoms with E-state index in [2.05, 4.69) is 40.8 Å². The van der Waals surface area contributed by atoms with Crippen LogP contribution in [0.3, 0.4) is 0 Å². The van der Waals surface area contributed by atoms with Crippen molar-refractivity contribution in [1.29, 1.82) is 0 Å². The van der Waals surface area contributed by atoms with E-state index in [0.717, 1.165) is 54.0 Å². The molecule has 0 saturated carbocycles. The molecule has 4 rings (SSSR count). The highest BCUT2D eigenvalue weighted by molar-refractivity contribution is 6.30. The summed E-state index contributed by atoms with van der Waals surface area (Å²) in [5.41, 5.74) is 2.91. The Hall–Kier alpha value is -2.30. The van der Waals surface area contributed by atoms with Crippen molar-refractivity contribution in [2.45, 2.75) is 39.3 Å². The second kappa shape index (κ2) is 9.23. The number of piperidine rings is 1. The van der Waals surface area contributed by atoms with Crippen molar-refractivity contribution in [1.82, 2.24) is 14.8 Å². The van der Waals surface area contributed by atoms with Crippen LogP contribution in [-0.2, 0) is 6.54 Å². The fraction of sp³-hybridized carbons (Fsp3) is 0.400. The number of amides is 1. The van der Waals surface area contributed by atoms with E-state index in [1.165, 1.54) is 0 Å². The molecule has 1 aromatic heterocycles. The zero-order valence-corrected chi connectivity index (χ0v) is 18.5. The predicted molar refractivity (Wildman–Crippen MR) is 124 cm³/mol. The van der Waals surface area contributed by atoms with Gasteiger partial charge in [-0.25, -0.2) is 0 Å². The molecule has 1 N–H and O–H groups in total. The van der Waals surface area contributed by atoms with Crippen molar-refractivity contribution in [3.8, 4) is 0 Å². The number of para-hydroxylation sites is 1. The lowest BCUT2D eigenvalue weighted by molar-refractivity contribution is 0.0921. The first kappa shape index (κ1) is 21.0. The number of hydrogen-bond acceptors (Lipinski definition) is 2. The Morgan fingerprint density at radius 1 is 1.10 bits per heavy atom. The maximum Gasteiger partial charge on any atom is 0.267 e. The lowest BCUT2D eigenvalue weighted by Crippen LogP contribution is -2.41. The Morgan fingerprint density at radius 2 is 1.80 bits per heavy atom. The van der Waals surface area contributed by atoms with Crippen LogP contribution in [0, 0.1) is 5.92 Å². The second-order valence-corrected chi connectivity index (χ2v) is 9.02. The number of fused-ring (bicyclic) bond motifs is 1. The van der Waals surface area contributed by atoms with E-state index < -0.39 is 0 Å². The number of rotatable bonds is 6. The molecule has 1 aliphatic rings. The van der Waals surface area contributed by atoms with Crippen LogP contribution in [0.4, 0.5) is 0 Å². The van der Waals surface area contributed by atoms with Crippen LogP contribution in [0.15, 0.2) is 54.6 Å². The van der Waals surface area contributed by atoms with E-state index in [1.54, 1.807) is 0 Å². The van der Waals surface area contributed by atoms with E-state index in [9.17, 15) is 4.79 Å². The second-order valence-electron chi connectivity index (χ2n) is 8.58. The van der Waals surface area contributed by atoms with Gasteiger partial charge in [0.1, 0.15) is 5.69 Å². The van der Waals surface area contributed by atoms with Crippen LogP contribution in [0.1, 0.15) is 42.7 Å². The molecule has 0 radical (unpaired) electrons. The van der Waals surface area contributed by atoms with Gasteiger partial charge in [0.15, 0.2) is 0 Å². The molecule has 5 heteroatoms. The van der Waals surface area contributed by atoms with Crippen molar-refractivity contribution < 1.29 is 4.79 Å². The van der Waals surface area contributed by atoms with E-state index in [4.69, 9.17) is 11.6 Å². The molecule has 0 unspecified atom stereocenters. The Morgan fingerprint density at radius 3 is 2.50 bits per heavy atom. The molecule has 1 fully saturated rings. The molecular weight excluding hydrogens is 394 g/mol. The van der Waals surface area contributed by atoms with Crippen LogP contribution >= 0.6 is 11.6 Å². The maximum atomic E-state index is 13.1. The number of carbonyl (C=O) groups is 1. The fourth-order valence-electron chi connectivity index (χ4n) is 4.34. The van der Waals surface area contributed by atoms with Gasteiger partial charge in [-0.2, -0.15) is 0 Å². The number of aromatic nitrogens is 1. The zero-order chi connectivity index (χ0) is 21.1. The summed E-state index contributed by atoms with van der Waals surface area (Å²) < 4.78 is 2.11. The van der Waals surface area contributed by atoms with Gasteiger partial charge in [-0.1, -0.05) is 41.9 Å². The molecular formula is C25H30ClN3O. The van der Waals surface area contributed by atoms with Gasteiger partial charge in [-0.3, -0.25) is 4.79 Å². The number of nitrogens with one attached hydrogen (secondary N) is 1. The number of carbonyl (C=O) groups excluding carboxylic acids is 1. The van der Waals surface area contributed by atoms with Crippen molar-refractivity contribution in [2.24, 2.45) is 5.92 Å². The van der Waals surface area contributed by atoms with Gasteiger partial charge in [-0.15, -0.1) is 0 Å². The first-order chi connectivity index (χ1) is 14.5. The first-order valence-corrected chi connectivity index (χ1v) is 11.2. The molecule has 2 heterocycles. The summed E-state index contributed by atoms with van der Waals surface area (Å²) in [6.07, 6.45) is 2.29. The van der Waals surface area contributed by atoms with E-state index in [0.29, 0.717) is 24.2 Å². The molecule has 30 heavy (non-hydrogen) atoms. The number of nitrogens with zero attached hydrogens (tertiary/aromatic N) is 2. The molecule has 4 nitrogen and oxygen atoms in total. The molecule has 0 spiro atoms. The molecule has 0 aliphatic carbocycles. The van der Waals surface area contributed by atoms with Crippen molar-refractivity contribution >= 4 is 28.4 Å². The minimum atomic E-state index is 0.00597. The number of hydrogen-bond donors (Lipinski definition) is 1. The highest BCUT2D eigenvalue weighted by Crippen LogP contribution is 2.23. The Balaban J connectivity index is 1.49. The molecule has 158 valence electrons. The van der Waals surface area contributed by atoms with Gasteiger partial charge in [0.05, 0.1) is 0 Å². The fourth-order valence-corrected chi connectivity index (χ4v) is 4.47. The lowest BCUT2D eigenvalue weighted by Gasteiger charge is -2.34. The summed E-state index contributed by atoms with van der Waals surface area (Å²) in [6, 6.07) is 18.6. The molecule has 3 aromatic rings. The Bertz CT molecular complexity index is 1000. The Labute approximate surface area is 183 Å². The van der Waals surface area contributed by atoms with Crippen LogP contribution in [0.5, 0.6) is 0 Å². The van der Waals surface area contributed by atoms with Crippen LogP contribution in [-0.4, -0.2) is 41.1 Å². The molecule has 1 amide bonds. The standard InChI is InChI=1S/C25H30ClN3O/c1-18(2)28-13-11-19(12-14-28)16-27-25(30)24-15-21-5-3-4-6-23(21)29(24)17-20-7-9-22(26)10-8-20/h3-10,15,18-19H,11-14,16-17H2,1-2H3,(H,27,30). The highest BCUT2D eigenvalue weighted by Gasteiger charge is 2.22. The van der Waals surface area contributed by atoms with Crippen molar-refractivity contribution in [3.05, 3.63) is 70.9 Å². The number of benzene rings is 2. The minimum absolute atomic E-state index is 0.00597. The molecule has 2 aromatic carbocycles. The third-order valence-electron chi connectivity index (χ3n) is 6.23. The predicted octanol–water partition coefficient (Wildman–Crippen LogP) is 5.19. The van der Waals surface area contributed by atoms with Crippen molar-refractivity contribution in [2.75, 3.05) is 19.6 Å². The van der Waals surface area contributed by atoms with Gasteiger partial charge >= 0.3 is 0 Å². The van der Waals surface area contributed by atoms with Crippen molar-refractivity contribution in [3.63, 3.8) is 0 Å². The van der Waals surface area contributed by atoms with Crippen LogP contribution in [0.2, 0.25) is 5.02 Å². The van der Waals surface area contributed by atoms with Gasteiger partial charge in [0, 0.05) is 35.1 Å². The van der Waals surface area contributed by atoms with E-state index in [-0.39, 0.29) is 5.91 Å². The van der Waals surface area contributed by atoms with Gasteiger partial charge in [0.2, 0.25) is 0 Å². The normalized spacial score (nSPS) is 15.7. The minimum Gasteiger partial charge on any atom is -0.350 e. The first-order valence-electron chi connectivity index (χ1n) is 10.9. The summed E-state index contributed by atoms with van der Waals surface area (Å²) in [4.78, 5) is 15.6. The zero-order valence-electron chi connectivity index (χ0n) is 17.8. The Kier molecular flexibility index (Phi) is 6.45. The monoisotopic (exact) mass is 423 g/mol. The van der Waals surface area contributed by atoms with E-state index >= 15 is 0 Å². The van der Waals surface area contributed by atoms with Crippen LogP contribution in [0.25, 0.3) is 10.9 Å². The maximum absolute atomic E-state index is 13.1. The number of likely N-dealkylation sites (tertiary alicyclic amines) is 1. The van der Waals surface area contributed by atoms with Gasteiger partial charge in [-0.05, 0) is 75.5 Å². The third-order valence-corrected chi connectivity index (χ3v) is 6.48. The molecule has 0 bridgehead atoms. The lowest BCUT2D eigenvalue weighted by atomic mass is 9.96. The third kappa shape index (κ3) is 4.71. The van der Waals surface area contributed by atoms with E-state index in [1.807, 2.05) is 42.5 Å². The highest BCUT2D eigenvalue weighted by atomic mass is 35.5. The summed E-state index contributed by atoms with van der Waals surface area (Å²) >= 11 is 6.04. The molecule has 1 aliphatic heterocycles. The largest absolute Gasteiger partial charge is 0.350 e. The number of halogens is 1.